The zero-order valence-electron chi connectivity index (χ0n) is 21.3. The van der Waals surface area contributed by atoms with Gasteiger partial charge in [0.1, 0.15) is 11.9 Å². The Hall–Kier alpha value is -3.20. The molecule has 0 bridgehead atoms. The molecule has 36 heavy (non-hydrogen) atoms. The minimum Gasteiger partial charge on any atom is -0.481 e. The first kappa shape index (κ1) is 25.9. The maximum absolute atomic E-state index is 12.8. The van der Waals surface area contributed by atoms with E-state index < -0.39 is 17.9 Å². The summed E-state index contributed by atoms with van der Waals surface area (Å²) in [6.07, 6.45) is 6.60. The fourth-order valence-corrected chi connectivity index (χ4v) is 4.99. The molecule has 1 saturated carbocycles. The fourth-order valence-electron chi connectivity index (χ4n) is 4.99. The first-order valence-corrected chi connectivity index (χ1v) is 12.7. The Balaban J connectivity index is 1.18. The highest BCUT2D eigenvalue weighted by Crippen LogP contribution is 2.34. The van der Waals surface area contributed by atoms with Gasteiger partial charge in [-0.3, -0.25) is 4.79 Å². The lowest BCUT2D eigenvalue weighted by Crippen LogP contribution is -2.42. The molecule has 1 aliphatic carbocycles. The summed E-state index contributed by atoms with van der Waals surface area (Å²) in [7, 11) is 1.51. The van der Waals surface area contributed by atoms with Crippen LogP contribution in [0.15, 0.2) is 18.2 Å². The van der Waals surface area contributed by atoms with Crippen LogP contribution < -0.4 is 15.4 Å². The molecule has 2 aromatic heterocycles. The van der Waals surface area contributed by atoms with Crippen LogP contribution >= 0.6 is 0 Å². The summed E-state index contributed by atoms with van der Waals surface area (Å²) in [4.78, 5) is 33.5. The minimum absolute atomic E-state index is 0.147. The monoisotopic (exact) mass is 496 g/mol. The Kier molecular flexibility index (Phi) is 8.40. The van der Waals surface area contributed by atoms with Crippen molar-refractivity contribution in [2.24, 2.45) is 5.92 Å². The molecule has 4 rings (SSSR count). The largest absolute Gasteiger partial charge is 0.481 e. The lowest BCUT2D eigenvalue weighted by atomic mass is 9.79. The maximum atomic E-state index is 12.8. The number of aromatic nitrogens is 2. The van der Waals surface area contributed by atoms with Crippen LogP contribution in [0, 0.1) is 19.8 Å². The quantitative estimate of drug-likeness (QED) is 0.432. The zero-order chi connectivity index (χ0) is 25.7. The highest BCUT2D eigenvalue weighted by Gasteiger charge is 2.30. The van der Waals surface area contributed by atoms with Crippen LogP contribution in [-0.2, 0) is 22.4 Å². The van der Waals surface area contributed by atoms with Gasteiger partial charge >= 0.3 is 5.97 Å². The van der Waals surface area contributed by atoms with Crippen LogP contribution in [0.5, 0.6) is 5.88 Å². The highest BCUT2D eigenvalue weighted by molar-refractivity contribution is 5.98. The van der Waals surface area contributed by atoms with Crippen LogP contribution in [0.4, 0.5) is 5.82 Å². The van der Waals surface area contributed by atoms with E-state index in [1.54, 1.807) is 19.9 Å². The predicted molar refractivity (Wildman–Crippen MR) is 136 cm³/mol. The number of carbonyl (C=O) groups excluding carboxylic acids is 1. The molecule has 2 aromatic rings. The van der Waals surface area contributed by atoms with Gasteiger partial charge in [-0.15, -0.1) is 0 Å². The summed E-state index contributed by atoms with van der Waals surface area (Å²) in [5.74, 6) is 0.524. The van der Waals surface area contributed by atoms with Gasteiger partial charge in [0.25, 0.3) is 5.91 Å². The normalized spacial score (nSPS) is 19.4. The molecule has 1 aliphatic heterocycles. The predicted octanol–water partition coefficient (Wildman–Crippen LogP) is 3.46. The number of nitrogens with one attached hydrogen (secondary N) is 2. The number of carbonyl (C=O) groups is 2. The van der Waals surface area contributed by atoms with Crippen molar-refractivity contribution in [1.29, 1.82) is 0 Å². The third-order valence-electron chi connectivity index (χ3n) is 7.13. The summed E-state index contributed by atoms with van der Waals surface area (Å²) in [6.45, 7) is 4.76. The van der Waals surface area contributed by atoms with Crippen molar-refractivity contribution in [2.75, 3.05) is 25.6 Å². The molecule has 3 N–H and O–H groups in total. The number of anilines is 1. The van der Waals surface area contributed by atoms with Gasteiger partial charge in [0.05, 0.1) is 24.5 Å². The molecular weight excluding hydrogens is 460 g/mol. The van der Waals surface area contributed by atoms with E-state index in [0.29, 0.717) is 28.6 Å². The average molecular weight is 497 g/mol. The van der Waals surface area contributed by atoms with Gasteiger partial charge in [-0.1, -0.05) is 6.07 Å². The Morgan fingerprint density at radius 3 is 2.78 bits per heavy atom. The second-order valence-electron chi connectivity index (χ2n) is 9.80. The van der Waals surface area contributed by atoms with Gasteiger partial charge in [0.2, 0.25) is 5.88 Å². The number of fused-ring (bicyclic) bond motifs is 1. The van der Waals surface area contributed by atoms with Crippen LogP contribution in [0.1, 0.15) is 65.0 Å². The van der Waals surface area contributed by atoms with E-state index >= 15 is 0 Å². The average Bonchev–Trinajstić information content (AvgIpc) is 2.83. The summed E-state index contributed by atoms with van der Waals surface area (Å²) in [6, 6.07) is 4.97. The topological polar surface area (TPSA) is 123 Å². The summed E-state index contributed by atoms with van der Waals surface area (Å²) >= 11 is 0. The minimum atomic E-state index is -1.08. The summed E-state index contributed by atoms with van der Waals surface area (Å²) < 4.78 is 11.0. The van der Waals surface area contributed by atoms with Crippen LogP contribution in [-0.4, -0.2) is 59.4 Å². The van der Waals surface area contributed by atoms with E-state index in [1.807, 2.05) is 0 Å². The molecule has 0 spiro atoms. The van der Waals surface area contributed by atoms with E-state index in [9.17, 15) is 14.7 Å². The number of ether oxygens (including phenoxy) is 2. The molecule has 194 valence electrons. The van der Waals surface area contributed by atoms with E-state index in [0.717, 1.165) is 56.6 Å². The van der Waals surface area contributed by atoms with Crippen molar-refractivity contribution >= 4 is 17.7 Å². The number of amides is 1. The maximum Gasteiger partial charge on any atom is 0.326 e. The second kappa shape index (κ2) is 11.7. The zero-order valence-corrected chi connectivity index (χ0v) is 21.3. The number of aliphatic carboxylic acids is 1. The molecule has 0 aromatic carbocycles. The van der Waals surface area contributed by atoms with Gasteiger partial charge in [0, 0.05) is 31.3 Å². The van der Waals surface area contributed by atoms with E-state index in [2.05, 4.69) is 27.8 Å². The van der Waals surface area contributed by atoms with Gasteiger partial charge in [-0.05, 0) is 75.5 Å². The molecule has 1 amide bonds. The molecular formula is C27H36N4O5. The third kappa shape index (κ3) is 6.32. The molecule has 2 aliphatic rings. The number of nitrogens with zero attached hydrogens (tertiary/aromatic N) is 2. The van der Waals surface area contributed by atoms with E-state index in [4.69, 9.17) is 14.5 Å². The number of pyridine rings is 2. The van der Waals surface area contributed by atoms with Crippen molar-refractivity contribution < 1.29 is 24.2 Å². The molecule has 9 nitrogen and oxygen atoms in total. The van der Waals surface area contributed by atoms with Crippen LogP contribution in [0.25, 0.3) is 0 Å². The first-order chi connectivity index (χ1) is 17.3. The number of methoxy groups -OCH3 is 1. The van der Waals surface area contributed by atoms with Crippen molar-refractivity contribution in [1.82, 2.24) is 15.3 Å². The van der Waals surface area contributed by atoms with Crippen molar-refractivity contribution in [3.8, 4) is 5.88 Å². The first-order valence-electron chi connectivity index (χ1n) is 12.7. The van der Waals surface area contributed by atoms with Gasteiger partial charge in [0.15, 0.2) is 0 Å². The molecule has 1 atom stereocenters. The van der Waals surface area contributed by atoms with E-state index in [-0.39, 0.29) is 19.1 Å². The van der Waals surface area contributed by atoms with Crippen molar-refractivity contribution in [3.63, 3.8) is 0 Å². The third-order valence-corrected chi connectivity index (χ3v) is 7.13. The second-order valence-corrected chi connectivity index (χ2v) is 9.80. The molecule has 1 fully saturated rings. The standard InChI is InChI=1S/C27H36N4O5/c1-16-13-23(35-3)29-17(2)24(16)26(32)31-22(27(33)34)10-12-36-21-14-18(15-21)6-8-20-9-7-19-5-4-11-28-25(19)30-20/h7,9,13,18,21-22H,4-6,8,10-12,14-15H2,1-3H3,(H,28,30)(H,31,32)(H,33,34). The molecule has 9 heteroatoms. The number of hydrogen-bond acceptors (Lipinski definition) is 7. The molecule has 3 heterocycles. The van der Waals surface area contributed by atoms with Gasteiger partial charge in [-0.25, -0.2) is 14.8 Å². The van der Waals surface area contributed by atoms with Crippen LogP contribution in [0.3, 0.4) is 0 Å². The molecule has 1 unspecified atom stereocenters. The number of carboxylic acid groups (broad SMARTS) is 1. The molecule has 0 saturated heterocycles. The SMILES string of the molecule is COc1cc(C)c(C(=O)NC(CCOC2CC(CCc3ccc4c(n3)NCCC4)C2)C(=O)O)c(C)n1. The molecule has 0 radical (unpaired) electrons. The Labute approximate surface area is 212 Å². The smallest absolute Gasteiger partial charge is 0.326 e. The Bertz CT molecular complexity index is 1080. The van der Waals surface area contributed by atoms with Gasteiger partial charge < -0.3 is 25.2 Å². The number of carboxylic acids is 1. The van der Waals surface area contributed by atoms with Crippen LogP contribution in [0.2, 0.25) is 0 Å². The Morgan fingerprint density at radius 2 is 2.06 bits per heavy atom. The summed E-state index contributed by atoms with van der Waals surface area (Å²) in [5, 5.41) is 15.6. The van der Waals surface area contributed by atoms with Crippen molar-refractivity contribution in [3.05, 3.63) is 46.3 Å². The summed E-state index contributed by atoms with van der Waals surface area (Å²) in [5.41, 5.74) is 3.98. The highest BCUT2D eigenvalue weighted by atomic mass is 16.5. The van der Waals surface area contributed by atoms with Gasteiger partial charge in [-0.2, -0.15) is 0 Å². The van der Waals surface area contributed by atoms with E-state index in [1.165, 1.54) is 12.7 Å². The number of hydrogen-bond donors (Lipinski definition) is 3. The number of rotatable bonds is 11. The Morgan fingerprint density at radius 1 is 1.25 bits per heavy atom. The lowest BCUT2D eigenvalue weighted by Gasteiger charge is -2.35. The number of aryl methyl sites for hydroxylation is 4. The van der Waals surface area contributed by atoms with Crippen molar-refractivity contribution in [2.45, 2.75) is 70.9 Å². The lowest BCUT2D eigenvalue weighted by molar-refractivity contribution is -0.140. The fraction of sp³-hybridized carbons (Fsp3) is 0.556.